The molecule has 0 rings (SSSR count). The van der Waals surface area contributed by atoms with Gasteiger partial charge >= 0.3 is 5.97 Å². The van der Waals surface area contributed by atoms with Crippen LogP contribution in [0.25, 0.3) is 0 Å². The summed E-state index contributed by atoms with van der Waals surface area (Å²) in [6.07, 6.45) is 0. The fraction of sp³-hybridized carbons (Fsp3) is 0.400. The predicted octanol–water partition coefficient (Wildman–Crippen LogP) is 0.617. The SMILES string of the molecule is C=C(F)C(=O)OCOC. The van der Waals surface area contributed by atoms with Crippen molar-refractivity contribution in [3.05, 3.63) is 12.4 Å². The molecule has 0 aromatic heterocycles. The Kier molecular flexibility index (Phi) is 3.62. The van der Waals surface area contributed by atoms with Gasteiger partial charge in [0.25, 0.3) is 0 Å². The van der Waals surface area contributed by atoms with E-state index in [0.29, 0.717) is 0 Å². The maximum Gasteiger partial charge on any atom is 0.368 e. The summed E-state index contributed by atoms with van der Waals surface area (Å²) in [4.78, 5) is 10.1. The largest absolute Gasteiger partial charge is 0.433 e. The van der Waals surface area contributed by atoms with Gasteiger partial charge in [-0.05, 0) is 0 Å². The van der Waals surface area contributed by atoms with Crippen molar-refractivity contribution in [1.29, 1.82) is 0 Å². The minimum absolute atomic E-state index is 0.248. The van der Waals surface area contributed by atoms with Crippen LogP contribution >= 0.6 is 0 Å². The molecule has 0 saturated carbocycles. The molecule has 0 unspecified atom stereocenters. The molecule has 0 heterocycles. The number of rotatable bonds is 3. The molecule has 0 aliphatic carbocycles. The minimum atomic E-state index is -1.12. The van der Waals surface area contributed by atoms with Crippen molar-refractivity contribution >= 4 is 5.97 Å². The summed E-state index contributed by atoms with van der Waals surface area (Å²) in [5.74, 6) is -2.20. The van der Waals surface area contributed by atoms with E-state index in [-0.39, 0.29) is 6.79 Å². The first-order valence-electron chi connectivity index (χ1n) is 2.19. The molecule has 0 radical (unpaired) electrons. The highest BCUT2D eigenvalue weighted by atomic mass is 19.1. The number of ether oxygens (including phenoxy) is 2. The van der Waals surface area contributed by atoms with Crippen LogP contribution in [0.15, 0.2) is 12.4 Å². The topological polar surface area (TPSA) is 35.5 Å². The fourth-order valence-electron chi connectivity index (χ4n) is 0.191. The summed E-state index contributed by atoms with van der Waals surface area (Å²) in [7, 11) is 1.33. The van der Waals surface area contributed by atoms with Crippen LogP contribution in [0.1, 0.15) is 0 Å². The van der Waals surface area contributed by atoms with Crippen molar-refractivity contribution in [2.75, 3.05) is 13.9 Å². The Labute approximate surface area is 52.1 Å². The van der Waals surface area contributed by atoms with Crippen molar-refractivity contribution in [1.82, 2.24) is 0 Å². The Morgan fingerprint density at radius 2 is 2.33 bits per heavy atom. The monoisotopic (exact) mass is 134 g/mol. The molecule has 3 nitrogen and oxygen atoms in total. The first kappa shape index (κ1) is 8.10. The third-order valence-electron chi connectivity index (χ3n) is 0.529. The Bertz CT molecular complexity index is 121. The number of carbonyl (C=O) groups is 1. The van der Waals surface area contributed by atoms with E-state index in [1.807, 2.05) is 0 Å². The van der Waals surface area contributed by atoms with E-state index in [0.717, 1.165) is 0 Å². The number of carbonyl (C=O) groups excluding carboxylic acids is 1. The van der Waals surface area contributed by atoms with E-state index in [9.17, 15) is 9.18 Å². The standard InChI is InChI=1S/C5H7FO3/c1-4(6)5(7)9-3-8-2/h1,3H2,2H3. The van der Waals surface area contributed by atoms with Crippen molar-refractivity contribution in [2.24, 2.45) is 0 Å². The van der Waals surface area contributed by atoms with Crippen molar-refractivity contribution < 1.29 is 18.7 Å². The van der Waals surface area contributed by atoms with E-state index >= 15 is 0 Å². The molecular formula is C5H7FO3. The molecule has 0 fully saturated rings. The van der Waals surface area contributed by atoms with Crippen molar-refractivity contribution in [3.63, 3.8) is 0 Å². The molecule has 0 amide bonds. The Balaban J connectivity index is 3.39. The molecule has 0 spiro atoms. The summed E-state index contributed by atoms with van der Waals surface area (Å²) in [6.45, 7) is 2.46. The minimum Gasteiger partial charge on any atom is -0.433 e. The normalized spacial score (nSPS) is 8.67. The van der Waals surface area contributed by atoms with Crippen LogP contribution < -0.4 is 0 Å². The van der Waals surface area contributed by atoms with Crippen LogP contribution in [0.3, 0.4) is 0 Å². The van der Waals surface area contributed by atoms with Gasteiger partial charge in [0.2, 0.25) is 5.83 Å². The second-order valence-electron chi connectivity index (χ2n) is 1.24. The smallest absolute Gasteiger partial charge is 0.368 e. The van der Waals surface area contributed by atoms with Crippen LogP contribution in [0.4, 0.5) is 4.39 Å². The lowest BCUT2D eigenvalue weighted by Gasteiger charge is -1.97. The number of halogens is 1. The Hall–Kier alpha value is -0.900. The van der Waals surface area contributed by atoms with E-state index < -0.39 is 11.8 Å². The van der Waals surface area contributed by atoms with Gasteiger partial charge < -0.3 is 9.47 Å². The highest BCUT2D eigenvalue weighted by Gasteiger charge is 2.04. The van der Waals surface area contributed by atoms with E-state index in [1.54, 1.807) is 0 Å². The van der Waals surface area contributed by atoms with E-state index in [4.69, 9.17) is 0 Å². The zero-order valence-corrected chi connectivity index (χ0v) is 5.02. The molecule has 0 N–H and O–H groups in total. The molecule has 4 heteroatoms. The molecule has 0 aromatic carbocycles. The van der Waals surface area contributed by atoms with Gasteiger partial charge in [0.15, 0.2) is 6.79 Å². The van der Waals surface area contributed by atoms with Crippen LogP contribution in [-0.4, -0.2) is 19.9 Å². The molecule has 0 atom stereocenters. The lowest BCUT2D eigenvalue weighted by atomic mass is 10.6. The molecular weight excluding hydrogens is 127 g/mol. The van der Waals surface area contributed by atoms with Crippen LogP contribution in [0.5, 0.6) is 0 Å². The molecule has 0 aliphatic heterocycles. The zero-order valence-electron chi connectivity index (χ0n) is 5.02. The highest BCUT2D eigenvalue weighted by molar-refractivity contribution is 5.85. The van der Waals surface area contributed by atoms with Gasteiger partial charge in [0.05, 0.1) is 0 Å². The highest BCUT2D eigenvalue weighted by Crippen LogP contribution is 1.93. The van der Waals surface area contributed by atoms with Crippen LogP contribution in [-0.2, 0) is 14.3 Å². The summed E-state index contributed by atoms with van der Waals surface area (Å²) in [6, 6.07) is 0. The second-order valence-corrected chi connectivity index (χ2v) is 1.24. The molecule has 0 aromatic rings. The van der Waals surface area contributed by atoms with E-state index in [2.05, 4.69) is 16.1 Å². The average molecular weight is 134 g/mol. The number of hydrogen-bond acceptors (Lipinski definition) is 3. The maximum absolute atomic E-state index is 11.7. The molecule has 0 saturated heterocycles. The third kappa shape index (κ3) is 3.66. The van der Waals surface area contributed by atoms with Crippen molar-refractivity contribution in [2.45, 2.75) is 0 Å². The average Bonchev–Trinajstić information content (AvgIpc) is 1.82. The summed E-state index contributed by atoms with van der Waals surface area (Å²) >= 11 is 0. The van der Waals surface area contributed by atoms with Gasteiger partial charge in [-0.15, -0.1) is 0 Å². The molecule has 9 heavy (non-hydrogen) atoms. The third-order valence-corrected chi connectivity index (χ3v) is 0.529. The lowest BCUT2D eigenvalue weighted by molar-refractivity contribution is -0.150. The number of esters is 1. The van der Waals surface area contributed by atoms with Gasteiger partial charge in [-0.3, -0.25) is 0 Å². The first-order chi connectivity index (χ1) is 4.18. The van der Waals surface area contributed by atoms with Gasteiger partial charge in [-0.2, -0.15) is 4.39 Å². The number of hydrogen-bond donors (Lipinski definition) is 0. The Morgan fingerprint density at radius 1 is 1.78 bits per heavy atom. The second kappa shape index (κ2) is 4.03. The van der Waals surface area contributed by atoms with E-state index in [1.165, 1.54) is 7.11 Å². The van der Waals surface area contributed by atoms with Gasteiger partial charge in [-0.1, -0.05) is 6.58 Å². The van der Waals surface area contributed by atoms with Gasteiger partial charge in [0, 0.05) is 7.11 Å². The van der Waals surface area contributed by atoms with Crippen molar-refractivity contribution in [3.8, 4) is 0 Å². The molecule has 0 bridgehead atoms. The zero-order chi connectivity index (χ0) is 7.28. The summed E-state index contributed by atoms with van der Waals surface area (Å²) < 4.78 is 20.1. The summed E-state index contributed by atoms with van der Waals surface area (Å²) in [5.41, 5.74) is 0. The maximum atomic E-state index is 11.7. The lowest BCUT2D eigenvalue weighted by Crippen LogP contribution is -2.06. The number of methoxy groups -OCH3 is 1. The first-order valence-corrected chi connectivity index (χ1v) is 2.19. The fourth-order valence-corrected chi connectivity index (χ4v) is 0.191. The van der Waals surface area contributed by atoms with Gasteiger partial charge in [-0.25, -0.2) is 4.79 Å². The Morgan fingerprint density at radius 3 is 2.67 bits per heavy atom. The summed E-state index contributed by atoms with van der Waals surface area (Å²) in [5, 5.41) is 0. The molecule has 0 aliphatic rings. The van der Waals surface area contributed by atoms with Gasteiger partial charge in [0.1, 0.15) is 0 Å². The van der Waals surface area contributed by atoms with Crippen LogP contribution in [0, 0.1) is 0 Å². The molecule has 52 valence electrons. The van der Waals surface area contributed by atoms with Crippen LogP contribution in [0.2, 0.25) is 0 Å². The predicted molar refractivity (Wildman–Crippen MR) is 28.2 cm³/mol. The quantitative estimate of drug-likeness (QED) is 0.322.